The normalized spacial score (nSPS) is 17.2. The van der Waals surface area contributed by atoms with Gasteiger partial charge in [0, 0.05) is 0 Å². The monoisotopic (exact) mass is 238 g/mol. The molecule has 0 spiro atoms. The van der Waals surface area contributed by atoms with E-state index in [0.29, 0.717) is 0 Å². The van der Waals surface area contributed by atoms with Gasteiger partial charge in [-0.1, -0.05) is 0 Å². The minimum absolute atomic E-state index is 0.204. The van der Waals surface area contributed by atoms with Gasteiger partial charge in [-0.15, -0.1) is 0 Å². The van der Waals surface area contributed by atoms with Crippen LogP contribution in [0, 0.1) is 0 Å². The molecule has 56 valence electrons. The maximum atomic E-state index is 10.7. The predicted octanol–water partition coefficient (Wildman–Crippen LogP) is 2.63. The van der Waals surface area contributed by atoms with Gasteiger partial charge < -0.3 is 0 Å². The van der Waals surface area contributed by atoms with Crippen molar-refractivity contribution in [2.75, 3.05) is 6.61 Å². The van der Waals surface area contributed by atoms with E-state index in [1.165, 1.54) is 0 Å². The number of hydrogen-bond acceptors (Lipinski definition) is 4. The summed E-state index contributed by atoms with van der Waals surface area (Å²) in [6.45, 7) is 1.84. The second kappa shape index (κ2) is 4.66. The molecule has 0 saturated carbocycles. The van der Waals surface area contributed by atoms with Gasteiger partial charge in [-0.25, -0.2) is 8.18 Å². The molecule has 7 heteroatoms. The highest BCUT2D eigenvalue weighted by Gasteiger charge is 2.24. The highest BCUT2D eigenvalue weighted by Crippen LogP contribution is 2.52. The van der Waals surface area contributed by atoms with E-state index in [1.807, 2.05) is 0 Å². The Morgan fingerprint density at radius 1 is 1.78 bits per heavy atom. The average Bonchev–Trinajstić information content (AvgIpc) is 1.89. The topological polar surface area (TPSA) is 44.8 Å². The SMILES string of the molecule is CCOP(=O)(OCl)OBr. The summed E-state index contributed by atoms with van der Waals surface area (Å²) in [6.07, 6.45) is 0. The van der Waals surface area contributed by atoms with E-state index >= 15 is 0 Å². The molecular formula is C2H5BrClO4P. The van der Waals surface area contributed by atoms with Crippen LogP contribution >= 0.6 is 35.9 Å². The Labute approximate surface area is 66.7 Å². The summed E-state index contributed by atoms with van der Waals surface area (Å²) in [5.41, 5.74) is 0. The zero-order chi connectivity index (χ0) is 7.33. The van der Waals surface area contributed by atoms with Crippen LogP contribution < -0.4 is 0 Å². The van der Waals surface area contributed by atoms with Gasteiger partial charge >= 0.3 is 7.82 Å². The van der Waals surface area contributed by atoms with Crippen LogP contribution in [0.2, 0.25) is 0 Å². The van der Waals surface area contributed by atoms with E-state index in [4.69, 9.17) is 11.9 Å². The first-order valence-electron chi connectivity index (χ1n) is 2.03. The maximum Gasteiger partial charge on any atom is 0.502 e. The fourth-order valence-corrected chi connectivity index (χ4v) is 1.46. The zero-order valence-corrected chi connectivity index (χ0v) is 7.78. The average molecular weight is 239 g/mol. The summed E-state index contributed by atoms with van der Waals surface area (Å²) >= 11 is 7.18. The van der Waals surface area contributed by atoms with Crippen LogP contribution in [0.25, 0.3) is 0 Å². The minimum Gasteiger partial charge on any atom is -0.286 e. The molecule has 9 heavy (non-hydrogen) atoms. The van der Waals surface area contributed by atoms with Crippen molar-refractivity contribution in [3.05, 3.63) is 0 Å². The number of phosphoric acid groups is 1. The van der Waals surface area contributed by atoms with E-state index in [2.05, 4.69) is 28.5 Å². The second-order valence-electron chi connectivity index (χ2n) is 1.00. The van der Waals surface area contributed by atoms with Crippen molar-refractivity contribution in [1.29, 1.82) is 0 Å². The first-order valence-corrected chi connectivity index (χ1v) is 4.45. The van der Waals surface area contributed by atoms with Gasteiger partial charge in [0.25, 0.3) is 0 Å². The summed E-state index contributed by atoms with van der Waals surface area (Å²) in [5, 5.41) is 0. The third-order valence-corrected chi connectivity index (χ3v) is 2.94. The molecule has 0 aromatic carbocycles. The molecule has 1 unspecified atom stereocenters. The lowest BCUT2D eigenvalue weighted by Gasteiger charge is -2.06. The van der Waals surface area contributed by atoms with E-state index in [9.17, 15) is 4.57 Å². The Morgan fingerprint density at radius 2 is 2.33 bits per heavy atom. The van der Waals surface area contributed by atoms with Crippen molar-refractivity contribution >= 4 is 35.9 Å². The van der Waals surface area contributed by atoms with Gasteiger partial charge in [-0.05, 0) is 6.92 Å². The van der Waals surface area contributed by atoms with Crippen LogP contribution in [0.15, 0.2) is 0 Å². The van der Waals surface area contributed by atoms with Crippen molar-refractivity contribution in [1.82, 2.24) is 0 Å². The molecule has 0 heterocycles. The summed E-state index contributed by atoms with van der Waals surface area (Å²) in [4.78, 5) is 0. The summed E-state index contributed by atoms with van der Waals surface area (Å²) < 4.78 is 23.1. The fraction of sp³-hybridized carbons (Fsp3) is 1.00. The standard InChI is InChI=1S/C2H5BrClO4P/c1-2-6-9(5,7-3)8-4/h2H2,1H3. The molecule has 0 radical (unpaired) electrons. The molecule has 0 aliphatic heterocycles. The van der Waals surface area contributed by atoms with Gasteiger partial charge in [0.2, 0.25) is 0 Å². The highest BCUT2D eigenvalue weighted by molar-refractivity contribution is 9.06. The molecule has 4 nitrogen and oxygen atoms in total. The summed E-state index contributed by atoms with van der Waals surface area (Å²) in [7, 11) is -3.50. The third-order valence-electron chi connectivity index (χ3n) is 0.456. The molecule has 0 N–H and O–H groups in total. The first kappa shape index (κ1) is 9.88. The van der Waals surface area contributed by atoms with Crippen LogP contribution in [0.3, 0.4) is 0 Å². The van der Waals surface area contributed by atoms with Crippen LogP contribution in [0.1, 0.15) is 6.92 Å². The third kappa shape index (κ3) is 3.55. The quantitative estimate of drug-likeness (QED) is 0.707. The first-order chi connectivity index (χ1) is 4.18. The predicted molar refractivity (Wildman–Crippen MR) is 36.2 cm³/mol. The van der Waals surface area contributed by atoms with Crippen LogP contribution in [0.5, 0.6) is 0 Å². The largest absolute Gasteiger partial charge is 0.502 e. The van der Waals surface area contributed by atoms with Crippen molar-refractivity contribution in [3.63, 3.8) is 0 Å². The number of hydrogen-bond donors (Lipinski definition) is 0. The Balaban J connectivity index is 3.78. The molecule has 0 aliphatic carbocycles. The van der Waals surface area contributed by atoms with Crippen molar-refractivity contribution < 1.29 is 16.8 Å². The molecular weight excluding hydrogens is 234 g/mol. The Kier molecular flexibility index (Phi) is 5.11. The fourth-order valence-electron chi connectivity index (χ4n) is 0.209. The lowest BCUT2D eigenvalue weighted by molar-refractivity contribution is 0.238. The summed E-state index contributed by atoms with van der Waals surface area (Å²) in [6, 6.07) is 0. The Hall–Kier alpha value is 0.880. The van der Waals surface area contributed by atoms with E-state index in [0.717, 1.165) is 0 Å². The Morgan fingerprint density at radius 3 is 2.44 bits per heavy atom. The van der Waals surface area contributed by atoms with E-state index in [1.54, 1.807) is 6.92 Å². The van der Waals surface area contributed by atoms with Gasteiger partial charge in [-0.3, -0.25) is 4.52 Å². The molecule has 0 aromatic rings. The minimum atomic E-state index is -3.50. The molecule has 0 fully saturated rings. The van der Waals surface area contributed by atoms with Gasteiger partial charge in [0.1, 0.15) is 16.3 Å². The van der Waals surface area contributed by atoms with E-state index in [-0.39, 0.29) is 6.61 Å². The molecule has 0 saturated heterocycles. The number of rotatable bonds is 4. The van der Waals surface area contributed by atoms with Crippen LogP contribution in [-0.4, -0.2) is 6.61 Å². The lowest BCUT2D eigenvalue weighted by Crippen LogP contribution is -1.87. The summed E-state index contributed by atoms with van der Waals surface area (Å²) in [5.74, 6) is 0. The number of halogens is 2. The van der Waals surface area contributed by atoms with Crippen molar-refractivity contribution in [2.24, 2.45) is 0 Å². The lowest BCUT2D eigenvalue weighted by atomic mass is 10.9. The molecule has 0 aliphatic rings. The van der Waals surface area contributed by atoms with Crippen molar-refractivity contribution in [2.45, 2.75) is 6.92 Å². The molecule has 1 atom stereocenters. The van der Waals surface area contributed by atoms with Gasteiger partial charge in [-0.2, -0.15) is 4.08 Å². The van der Waals surface area contributed by atoms with Gasteiger partial charge in [0.05, 0.1) is 18.5 Å². The van der Waals surface area contributed by atoms with Crippen LogP contribution in [0.4, 0.5) is 0 Å². The van der Waals surface area contributed by atoms with Crippen molar-refractivity contribution in [3.8, 4) is 0 Å². The zero-order valence-electron chi connectivity index (χ0n) is 4.54. The van der Waals surface area contributed by atoms with E-state index < -0.39 is 7.82 Å². The molecule has 0 rings (SSSR count). The smallest absolute Gasteiger partial charge is 0.286 e. The van der Waals surface area contributed by atoms with Gasteiger partial charge in [0.15, 0.2) is 0 Å². The maximum absolute atomic E-state index is 10.7. The second-order valence-corrected chi connectivity index (χ2v) is 3.71. The highest BCUT2D eigenvalue weighted by atomic mass is 79.9. The molecule has 0 aromatic heterocycles. The van der Waals surface area contributed by atoms with Crippen LogP contribution in [-0.2, 0) is 16.8 Å². The Bertz CT molecular complexity index is 111. The molecule has 0 amide bonds. The molecule has 0 bridgehead atoms.